The van der Waals surface area contributed by atoms with E-state index in [1.165, 1.54) is 0 Å². The summed E-state index contributed by atoms with van der Waals surface area (Å²) in [7, 11) is -3.20. The smallest absolute Gasteiger partial charge is 0.249 e. The Labute approximate surface area is 174 Å². The number of rotatable bonds is 6. The molecule has 3 atom stereocenters. The van der Waals surface area contributed by atoms with Gasteiger partial charge < -0.3 is 5.11 Å². The van der Waals surface area contributed by atoms with Crippen LogP contribution in [0.15, 0.2) is 72.8 Å². The molecule has 1 aliphatic carbocycles. The molecule has 0 radical (unpaired) electrons. The molecule has 4 nitrogen and oxygen atoms in total. The first-order chi connectivity index (χ1) is 14.1. The first-order valence-electron chi connectivity index (χ1n) is 10.7. The van der Waals surface area contributed by atoms with Crippen LogP contribution in [0, 0.1) is 0 Å². The Kier molecular flexibility index (Phi) is 6.36. The summed E-state index contributed by atoms with van der Waals surface area (Å²) >= 11 is 0. The highest BCUT2D eigenvalue weighted by Gasteiger charge is 2.57. The van der Waals surface area contributed by atoms with Crippen molar-refractivity contribution in [3.8, 4) is 0 Å². The molecule has 0 bridgehead atoms. The monoisotopic (exact) mass is 410 g/mol. The van der Waals surface area contributed by atoms with Gasteiger partial charge in [-0.05, 0) is 30.9 Å². The Hall–Kier alpha value is -1.71. The summed E-state index contributed by atoms with van der Waals surface area (Å²) < 4.78 is 19.0. The van der Waals surface area contributed by atoms with Crippen molar-refractivity contribution < 1.29 is 9.67 Å². The maximum Gasteiger partial charge on any atom is 0.249 e. The van der Waals surface area contributed by atoms with Crippen LogP contribution in [0.4, 0.5) is 0 Å². The minimum Gasteiger partial charge on any atom is -0.378 e. The van der Waals surface area contributed by atoms with E-state index in [9.17, 15) is 9.67 Å². The largest absolute Gasteiger partial charge is 0.378 e. The van der Waals surface area contributed by atoms with E-state index >= 15 is 0 Å². The number of hydrogen-bond acceptors (Lipinski definition) is 2. The molecule has 1 saturated heterocycles. The second kappa shape index (κ2) is 8.97. The third-order valence-corrected chi connectivity index (χ3v) is 9.49. The van der Waals surface area contributed by atoms with Crippen molar-refractivity contribution in [2.75, 3.05) is 0 Å². The summed E-state index contributed by atoms with van der Waals surface area (Å²) in [5.74, 6) is -0.981. The number of hydrogen-bond donors (Lipinski definition) is 1. The van der Waals surface area contributed by atoms with E-state index in [1.54, 1.807) is 6.08 Å². The van der Waals surface area contributed by atoms with Gasteiger partial charge in [-0.15, -0.1) is 0 Å². The SMILES string of the molecule is C/C=C/C(O)P1(=O)N(Cc2ccccc2)[C@@H]2CCCC[C@H]2N1Cc1ccccc1. The molecule has 1 unspecified atom stereocenters. The Morgan fingerprint density at radius 3 is 1.79 bits per heavy atom. The molecule has 4 rings (SSSR count). The Morgan fingerprint density at radius 2 is 1.38 bits per heavy atom. The van der Waals surface area contributed by atoms with Crippen LogP contribution in [-0.2, 0) is 17.7 Å². The van der Waals surface area contributed by atoms with Crippen molar-refractivity contribution >= 4 is 7.44 Å². The molecule has 2 fully saturated rings. The van der Waals surface area contributed by atoms with Gasteiger partial charge in [-0.1, -0.05) is 85.7 Å². The van der Waals surface area contributed by atoms with Gasteiger partial charge in [0.15, 0.2) is 5.85 Å². The van der Waals surface area contributed by atoms with Gasteiger partial charge >= 0.3 is 0 Å². The molecule has 2 aliphatic rings. The molecule has 0 spiro atoms. The van der Waals surface area contributed by atoms with Gasteiger partial charge in [0, 0.05) is 25.2 Å². The molecule has 0 aromatic heterocycles. The fraction of sp³-hybridized carbons (Fsp3) is 0.417. The normalized spacial score (nSPS) is 25.9. The van der Waals surface area contributed by atoms with Crippen LogP contribution in [-0.4, -0.2) is 32.4 Å². The summed E-state index contributed by atoms with van der Waals surface area (Å²) in [6.07, 6.45) is 7.91. The Bertz CT molecular complexity index is 809. The van der Waals surface area contributed by atoms with E-state index in [0.29, 0.717) is 13.1 Å². The predicted octanol–water partition coefficient (Wildman–Crippen LogP) is 5.40. The standard InChI is InChI=1S/C24H31N2O2P/c1-2-11-24(27)29(28)25(18-20-12-5-3-6-13-20)22-16-9-10-17-23(22)26(29)19-21-14-7-4-8-15-21/h2-8,11-15,22-24,27H,9-10,16-19H2,1H3/b11-2+/t22-,23-,24?/m1/s1. The maximum absolute atomic E-state index is 14.7. The number of nitrogens with zero attached hydrogens (tertiary/aromatic N) is 2. The molecule has 29 heavy (non-hydrogen) atoms. The molecule has 1 heterocycles. The molecule has 2 aromatic carbocycles. The van der Waals surface area contributed by atoms with Crippen molar-refractivity contribution in [2.24, 2.45) is 0 Å². The zero-order valence-electron chi connectivity index (χ0n) is 17.1. The lowest BCUT2D eigenvalue weighted by Gasteiger charge is -2.34. The molecule has 5 heteroatoms. The number of allylic oxidation sites excluding steroid dienone is 1. The number of aliphatic hydroxyl groups is 1. The number of fused-ring (bicyclic) bond motifs is 1. The van der Waals surface area contributed by atoms with Gasteiger partial charge in [-0.3, -0.25) is 4.57 Å². The molecular formula is C24H31N2O2P. The van der Waals surface area contributed by atoms with Crippen LogP contribution < -0.4 is 0 Å². The molecular weight excluding hydrogens is 379 g/mol. The molecule has 2 aromatic rings. The van der Waals surface area contributed by atoms with Gasteiger partial charge in [0.05, 0.1) is 0 Å². The third-order valence-electron chi connectivity index (χ3n) is 6.28. The fourth-order valence-electron chi connectivity index (χ4n) is 4.93. The third kappa shape index (κ3) is 4.00. The van der Waals surface area contributed by atoms with E-state index < -0.39 is 13.3 Å². The molecule has 0 amide bonds. The lowest BCUT2D eigenvalue weighted by molar-refractivity contribution is 0.197. The van der Waals surface area contributed by atoms with E-state index in [4.69, 9.17) is 0 Å². The predicted molar refractivity (Wildman–Crippen MR) is 118 cm³/mol. The average Bonchev–Trinajstić information content (AvgIpc) is 2.99. The van der Waals surface area contributed by atoms with Crippen LogP contribution in [0.25, 0.3) is 0 Å². The zero-order chi connectivity index (χ0) is 20.3. The minimum absolute atomic E-state index is 0.221. The van der Waals surface area contributed by atoms with Crippen LogP contribution in [0.3, 0.4) is 0 Å². The van der Waals surface area contributed by atoms with E-state index in [0.717, 1.165) is 36.8 Å². The highest BCUT2D eigenvalue weighted by Crippen LogP contribution is 2.67. The summed E-state index contributed by atoms with van der Waals surface area (Å²) in [6, 6.07) is 20.9. The van der Waals surface area contributed by atoms with Crippen molar-refractivity contribution in [1.29, 1.82) is 0 Å². The molecule has 154 valence electrons. The van der Waals surface area contributed by atoms with Gasteiger partial charge in [0.1, 0.15) is 0 Å². The van der Waals surface area contributed by atoms with E-state index in [2.05, 4.69) is 33.6 Å². The highest BCUT2D eigenvalue weighted by atomic mass is 31.2. The lowest BCUT2D eigenvalue weighted by Crippen LogP contribution is -2.39. The summed E-state index contributed by atoms with van der Waals surface area (Å²) in [5, 5.41) is 11.1. The summed E-state index contributed by atoms with van der Waals surface area (Å²) in [5.41, 5.74) is 2.29. The van der Waals surface area contributed by atoms with Crippen LogP contribution >= 0.6 is 7.44 Å². The van der Waals surface area contributed by atoms with Crippen LogP contribution in [0.2, 0.25) is 0 Å². The lowest BCUT2D eigenvalue weighted by atomic mass is 9.90. The maximum atomic E-state index is 14.7. The Morgan fingerprint density at radius 1 is 0.931 bits per heavy atom. The van der Waals surface area contributed by atoms with Gasteiger partial charge in [-0.2, -0.15) is 0 Å². The molecule has 1 saturated carbocycles. The molecule has 1 N–H and O–H groups in total. The second-order valence-electron chi connectivity index (χ2n) is 8.11. The van der Waals surface area contributed by atoms with E-state index in [-0.39, 0.29) is 12.1 Å². The van der Waals surface area contributed by atoms with Crippen molar-refractivity contribution in [3.63, 3.8) is 0 Å². The summed E-state index contributed by atoms with van der Waals surface area (Å²) in [4.78, 5) is 0. The van der Waals surface area contributed by atoms with Crippen LogP contribution in [0.5, 0.6) is 0 Å². The van der Waals surface area contributed by atoms with Gasteiger partial charge in [-0.25, -0.2) is 9.34 Å². The van der Waals surface area contributed by atoms with Gasteiger partial charge in [0.2, 0.25) is 7.44 Å². The van der Waals surface area contributed by atoms with Crippen molar-refractivity contribution in [3.05, 3.63) is 83.9 Å². The Balaban J connectivity index is 1.76. The highest BCUT2D eigenvalue weighted by molar-refractivity contribution is 7.60. The fourth-order valence-corrected chi connectivity index (χ4v) is 8.35. The van der Waals surface area contributed by atoms with Crippen molar-refractivity contribution in [1.82, 2.24) is 9.34 Å². The quantitative estimate of drug-likeness (QED) is 0.511. The minimum atomic E-state index is -3.20. The zero-order valence-corrected chi connectivity index (χ0v) is 18.0. The summed E-state index contributed by atoms with van der Waals surface area (Å²) in [6.45, 7) is 3.10. The van der Waals surface area contributed by atoms with Gasteiger partial charge in [0.25, 0.3) is 0 Å². The molecule has 1 aliphatic heterocycles. The second-order valence-corrected chi connectivity index (χ2v) is 10.8. The van der Waals surface area contributed by atoms with Crippen LogP contribution in [0.1, 0.15) is 43.7 Å². The topological polar surface area (TPSA) is 43.8 Å². The van der Waals surface area contributed by atoms with Crippen molar-refractivity contribution in [2.45, 2.75) is 63.6 Å². The van der Waals surface area contributed by atoms with E-state index in [1.807, 2.05) is 49.4 Å². The number of aliphatic hydroxyl groups excluding tert-OH is 1. The first kappa shape index (κ1) is 20.6. The first-order valence-corrected chi connectivity index (χ1v) is 12.4. The average molecular weight is 410 g/mol. The number of benzene rings is 2.